The highest BCUT2D eigenvalue weighted by atomic mass is 35.5. The Bertz CT molecular complexity index is 408. The molecule has 0 saturated carbocycles. The third kappa shape index (κ3) is 4.37. The summed E-state index contributed by atoms with van der Waals surface area (Å²) in [6.45, 7) is 1.40. The molecule has 106 valence electrons. The molecule has 0 bridgehead atoms. The van der Waals surface area contributed by atoms with Crippen molar-refractivity contribution in [3.05, 3.63) is 34.9 Å². The lowest BCUT2D eigenvalue weighted by Crippen LogP contribution is -2.48. The summed E-state index contributed by atoms with van der Waals surface area (Å²) in [5.41, 5.74) is 6.74. The van der Waals surface area contributed by atoms with Gasteiger partial charge < -0.3 is 10.6 Å². The number of amides is 1. The number of halogens is 2. The van der Waals surface area contributed by atoms with E-state index in [0.717, 1.165) is 24.9 Å². The summed E-state index contributed by atoms with van der Waals surface area (Å²) in [6.07, 6.45) is 3.73. The van der Waals surface area contributed by atoms with E-state index in [4.69, 9.17) is 17.3 Å². The molecule has 1 fully saturated rings. The SMILES string of the molecule is Cl.NCC1CCCCN1C(=O)Cc1ccc(Cl)cc1. The third-order valence-electron chi connectivity index (χ3n) is 3.49. The Hall–Kier alpha value is -0.770. The standard InChI is InChI=1S/C14H19ClN2O.ClH/c15-12-6-4-11(5-7-12)9-14(18)17-8-2-1-3-13(17)10-16;/h4-7,13H,1-3,8-10,16H2;1H. The fraction of sp³-hybridized carbons (Fsp3) is 0.500. The predicted molar refractivity (Wildman–Crippen MR) is 80.8 cm³/mol. The quantitative estimate of drug-likeness (QED) is 0.933. The van der Waals surface area contributed by atoms with Crippen molar-refractivity contribution in [3.8, 4) is 0 Å². The summed E-state index contributed by atoms with van der Waals surface area (Å²) in [7, 11) is 0. The van der Waals surface area contributed by atoms with E-state index < -0.39 is 0 Å². The Morgan fingerprint density at radius 2 is 2.00 bits per heavy atom. The van der Waals surface area contributed by atoms with Crippen molar-refractivity contribution in [2.24, 2.45) is 5.73 Å². The zero-order valence-corrected chi connectivity index (χ0v) is 12.4. The number of benzene rings is 1. The summed E-state index contributed by atoms with van der Waals surface area (Å²) >= 11 is 5.83. The molecule has 1 heterocycles. The first-order valence-electron chi connectivity index (χ1n) is 6.44. The Morgan fingerprint density at radius 3 is 2.63 bits per heavy atom. The van der Waals surface area contributed by atoms with E-state index in [1.54, 1.807) is 0 Å². The van der Waals surface area contributed by atoms with Crippen LogP contribution in [0.5, 0.6) is 0 Å². The van der Waals surface area contributed by atoms with Gasteiger partial charge in [-0.2, -0.15) is 0 Å². The molecule has 0 aromatic heterocycles. The van der Waals surface area contributed by atoms with Gasteiger partial charge in [-0.15, -0.1) is 12.4 Å². The van der Waals surface area contributed by atoms with Crippen LogP contribution in [0, 0.1) is 0 Å². The monoisotopic (exact) mass is 302 g/mol. The highest BCUT2D eigenvalue weighted by molar-refractivity contribution is 6.30. The number of hydrogen-bond acceptors (Lipinski definition) is 2. The van der Waals surface area contributed by atoms with Crippen LogP contribution in [-0.4, -0.2) is 29.9 Å². The first-order chi connectivity index (χ1) is 8.70. The van der Waals surface area contributed by atoms with Crippen LogP contribution in [0.4, 0.5) is 0 Å². The number of hydrogen-bond donors (Lipinski definition) is 1. The van der Waals surface area contributed by atoms with Crippen LogP contribution in [-0.2, 0) is 11.2 Å². The number of rotatable bonds is 3. The number of piperidine rings is 1. The van der Waals surface area contributed by atoms with Crippen molar-refractivity contribution in [2.75, 3.05) is 13.1 Å². The van der Waals surface area contributed by atoms with Crippen molar-refractivity contribution in [1.82, 2.24) is 4.90 Å². The minimum absolute atomic E-state index is 0. The fourth-order valence-electron chi connectivity index (χ4n) is 2.45. The van der Waals surface area contributed by atoms with Gasteiger partial charge in [-0.05, 0) is 37.0 Å². The average Bonchev–Trinajstić information content (AvgIpc) is 2.41. The molecule has 0 aliphatic carbocycles. The molecule has 19 heavy (non-hydrogen) atoms. The minimum Gasteiger partial charge on any atom is -0.338 e. The molecule has 1 aliphatic rings. The van der Waals surface area contributed by atoms with Gasteiger partial charge in [-0.25, -0.2) is 0 Å². The molecule has 0 radical (unpaired) electrons. The summed E-state index contributed by atoms with van der Waals surface area (Å²) in [4.78, 5) is 14.2. The van der Waals surface area contributed by atoms with Crippen molar-refractivity contribution in [3.63, 3.8) is 0 Å². The summed E-state index contributed by atoms with van der Waals surface area (Å²) in [5.74, 6) is 0.174. The van der Waals surface area contributed by atoms with Crippen LogP contribution in [0.1, 0.15) is 24.8 Å². The molecule has 1 unspecified atom stereocenters. The highest BCUT2D eigenvalue weighted by Crippen LogP contribution is 2.18. The Kier molecular flexibility index (Phi) is 6.63. The topological polar surface area (TPSA) is 46.3 Å². The van der Waals surface area contributed by atoms with Crippen molar-refractivity contribution in [2.45, 2.75) is 31.7 Å². The lowest BCUT2D eigenvalue weighted by Gasteiger charge is -2.35. The zero-order valence-electron chi connectivity index (χ0n) is 10.8. The maximum atomic E-state index is 12.3. The van der Waals surface area contributed by atoms with E-state index in [-0.39, 0.29) is 24.4 Å². The van der Waals surface area contributed by atoms with Crippen molar-refractivity contribution < 1.29 is 4.79 Å². The molecule has 1 amide bonds. The van der Waals surface area contributed by atoms with Gasteiger partial charge >= 0.3 is 0 Å². The van der Waals surface area contributed by atoms with Gasteiger partial charge in [0.05, 0.1) is 6.42 Å². The smallest absolute Gasteiger partial charge is 0.227 e. The Balaban J connectivity index is 0.00000180. The molecule has 3 nitrogen and oxygen atoms in total. The van der Waals surface area contributed by atoms with Crippen LogP contribution >= 0.6 is 24.0 Å². The molecule has 1 aromatic rings. The zero-order chi connectivity index (χ0) is 13.0. The molecule has 2 rings (SSSR count). The molecule has 5 heteroatoms. The summed E-state index contributed by atoms with van der Waals surface area (Å²) < 4.78 is 0. The van der Waals surface area contributed by atoms with Crippen molar-refractivity contribution >= 4 is 29.9 Å². The maximum Gasteiger partial charge on any atom is 0.227 e. The van der Waals surface area contributed by atoms with Gasteiger partial charge in [-0.3, -0.25) is 4.79 Å². The number of carbonyl (C=O) groups excluding carboxylic acids is 1. The normalized spacial score (nSPS) is 18.8. The average molecular weight is 303 g/mol. The van der Waals surface area contributed by atoms with E-state index in [2.05, 4.69) is 0 Å². The van der Waals surface area contributed by atoms with Gasteiger partial charge in [0.25, 0.3) is 0 Å². The first-order valence-corrected chi connectivity index (χ1v) is 6.82. The van der Waals surface area contributed by atoms with Crippen LogP contribution in [0.3, 0.4) is 0 Å². The van der Waals surface area contributed by atoms with E-state index >= 15 is 0 Å². The van der Waals surface area contributed by atoms with Crippen LogP contribution in [0.25, 0.3) is 0 Å². The molecule has 1 saturated heterocycles. The Morgan fingerprint density at radius 1 is 1.32 bits per heavy atom. The highest BCUT2D eigenvalue weighted by Gasteiger charge is 2.25. The third-order valence-corrected chi connectivity index (χ3v) is 3.74. The lowest BCUT2D eigenvalue weighted by atomic mass is 10.0. The van der Waals surface area contributed by atoms with Crippen LogP contribution < -0.4 is 5.73 Å². The summed E-state index contributed by atoms with van der Waals surface area (Å²) in [6, 6.07) is 7.67. The molecule has 1 aliphatic heterocycles. The first kappa shape index (κ1) is 16.3. The van der Waals surface area contributed by atoms with E-state index in [9.17, 15) is 4.79 Å². The van der Waals surface area contributed by atoms with Gasteiger partial charge in [0.15, 0.2) is 0 Å². The van der Waals surface area contributed by atoms with Crippen LogP contribution in [0.2, 0.25) is 5.02 Å². The molecule has 1 aromatic carbocycles. The molecule has 1 atom stereocenters. The van der Waals surface area contributed by atoms with Crippen LogP contribution in [0.15, 0.2) is 24.3 Å². The number of nitrogens with two attached hydrogens (primary N) is 1. The van der Waals surface area contributed by atoms with E-state index in [0.29, 0.717) is 18.0 Å². The Labute approximate surface area is 125 Å². The second-order valence-electron chi connectivity index (χ2n) is 4.78. The van der Waals surface area contributed by atoms with Gasteiger partial charge in [0.1, 0.15) is 0 Å². The van der Waals surface area contributed by atoms with Gasteiger partial charge in [0, 0.05) is 24.2 Å². The number of likely N-dealkylation sites (tertiary alicyclic amines) is 1. The number of nitrogens with zero attached hydrogens (tertiary/aromatic N) is 1. The lowest BCUT2D eigenvalue weighted by molar-refractivity contribution is -0.133. The second kappa shape index (κ2) is 7.73. The van der Waals surface area contributed by atoms with E-state index in [1.807, 2.05) is 29.2 Å². The second-order valence-corrected chi connectivity index (χ2v) is 5.21. The molecular weight excluding hydrogens is 283 g/mol. The number of carbonyl (C=O) groups is 1. The predicted octanol–water partition coefficient (Wildman–Crippen LogP) is 2.64. The van der Waals surface area contributed by atoms with E-state index in [1.165, 1.54) is 6.42 Å². The summed E-state index contributed by atoms with van der Waals surface area (Å²) in [5, 5.41) is 0.698. The maximum absolute atomic E-state index is 12.3. The molecule has 2 N–H and O–H groups in total. The molecule has 0 spiro atoms. The van der Waals surface area contributed by atoms with Gasteiger partial charge in [0.2, 0.25) is 5.91 Å². The fourth-order valence-corrected chi connectivity index (χ4v) is 2.58. The largest absolute Gasteiger partial charge is 0.338 e. The minimum atomic E-state index is 0. The molecular formula is C14H20Cl2N2O. The van der Waals surface area contributed by atoms with Gasteiger partial charge in [-0.1, -0.05) is 23.7 Å². The van der Waals surface area contributed by atoms with Crippen molar-refractivity contribution in [1.29, 1.82) is 0 Å².